The highest BCUT2D eigenvalue weighted by Crippen LogP contribution is 2.49. The number of anilines is 1. The van der Waals surface area contributed by atoms with Gasteiger partial charge in [0.1, 0.15) is 18.2 Å². The maximum absolute atomic E-state index is 13.1. The van der Waals surface area contributed by atoms with E-state index in [0.717, 1.165) is 18.4 Å². The van der Waals surface area contributed by atoms with Gasteiger partial charge in [-0.1, -0.05) is 25.2 Å². The van der Waals surface area contributed by atoms with E-state index in [1.54, 1.807) is 10.9 Å². The third-order valence-corrected chi connectivity index (χ3v) is 6.06. The molecule has 10 nitrogen and oxygen atoms in total. The van der Waals surface area contributed by atoms with Crippen LogP contribution >= 0.6 is 7.60 Å². The Morgan fingerprint density at radius 1 is 1.30 bits per heavy atom. The minimum absolute atomic E-state index is 0.187. The van der Waals surface area contributed by atoms with Gasteiger partial charge in [0, 0.05) is 0 Å². The Hall–Kier alpha value is -2.10. The molecule has 2 aromatic heterocycles. The predicted octanol–water partition coefficient (Wildman–Crippen LogP) is 2.66. The summed E-state index contributed by atoms with van der Waals surface area (Å²) >= 11 is 0. The van der Waals surface area contributed by atoms with Gasteiger partial charge in [0.25, 0.3) is 0 Å². The first kappa shape index (κ1) is 22.6. The van der Waals surface area contributed by atoms with E-state index in [1.807, 2.05) is 13.0 Å². The number of hydrogen-bond donors (Lipinski definition) is 2. The molecule has 0 aliphatic heterocycles. The van der Waals surface area contributed by atoms with E-state index >= 15 is 0 Å². The van der Waals surface area contributed by atoms with Crippen LogP contribution in [-0.2, 0) is 24.9 Å². The van der Waals surface area contributed by atoms with Crippen LogP contribution in [0.2, 0.25) is 0 Å². The average molecular weight is 437 g/mol. The van der Waals surface area contributed by atoms with Crippen molar-refractivity contribution in [1.82, 2.24) is 19.5 Å². The molecule has 0 fully saturated rings. The zero-order valence-electron chi connectivity index (χ0n) is 17.0. The Morgan fingerprint density at radius 2 is 2.17 bits per heavy atom. The van der Waals surface area contributed by atoms with Gasteiger partial charge in [0.2, 0.25) is 0 Å². The van der Waals surface area contributed by atoms with Crippen molar-refractivity contribution in [3.8, 4) is 0 Å². The Morgan fingerprint density at radius 3 is 2.90 bits per heavy atom. The number of hydrogen-bond acceptors (Lipinski definition) is 9. The second kappa shape index (κ2) is 10.8. The topological polar surface area (TPSA) is 135 Å². The molecular formula is C19H28N5O5P. The number of aromatic nitrogens is 4. The number of nitrogen functional groups attached to an aromatic ring is 1. The summed E-state index contributed by atoms with van der Waals surface area (Å²) in [5.74, 6) is 0.275. The van der Waals surface area contributed by atoms with E-state index in [4.69, 9.17) is 19.5 Å². The number of aliphatic hydroxyl groups excluding tert-OH is 1. The van der Waals surface area contributed by atoms with Crippen LogP contribution in [0, 0.1) is 0 Å². The second-order valence-corrected chi connectivity index (χ2v) is 8.90. The van der Waals surface area contributed by atoms with E-state index in [0.29, 0.717) is 24.2 Å². The molecule has 3 rings (SSSR count). The number of rotatable bonds is 12. The third-order valence-electron chi connectivity index (χ3n) is 4.49. The standard InChI is InChI=1S/C19H28N5O5P/c1-2-8-28-30(26,29-11-15-6-4-3-5-7-15)14-27-16(10-25)9-24-13-23-17-18(20)21-12-22-19(17)24/h4,6-7,12-13,16,25H,2-3,5,8-11,14H2,1H3,(H2,20,21,22). The van der Waals surface area contributed by atoms with Crippen LogP contribution in [0.5, 0.6) is 0 Å². The van der Waals surface area contributed by atoms with E-state index in [-0.39, 0.29) is 31.9 Å². The van der Waals surface area contributed by atoms with Gasteiger partial charge < -0.3 is 29.2 Å². The molecule has 0 spiro atoms. The molecule has 0 amide bonds. The van der Waals surface area contributed by atoms with Gasteiger partial charge in [-0.25, -0.2) is 15.0 Å². The summed E-state index contributed by atoms with van der Waals surface area (Å²) < 4.78 is 31.7. The number of aliphatic hydroxyl groups is 1. The van der Waals surface area contributed by atoms with Crippen molar-refractivity contribution in [2.75, 3.05) is 31.9 Å². The quantitative estimate of drug-likeness (QED) is 0.480. The van der Waals surface area contributed by atoms with Crippen LogP contribution in [-0.4, -0.2) is 56.9 Å². The fraction of sp³-hybridized carbons (Fsp3) is 0.526. The SMILES string of the molecule is CCCOP(=O)(COC(CO)Cn1cnc2c(N)ncnc21)OCC1=CCCC=C1. The molecular weight excluding hydrogens is 409 g/mol. The molecule has 30 heavy (non-hydrogen) atoms. The Labute approximate surface area is 175 Å². The van der Waals surface area contributed by atoms with Crippen LogP contribution in [0.15, 0.2) is 36.5 Å². The van der Waals surface area contributed by atoms with Crippen molar-refractivity contribution in [1.29, 1.82) is 0 Å². The van der Waals surface area contributed by atoms with E-state index in [2.05, 4.69) is 27.1 Å². The molecule has 2 atom stereocenters. The van der Waals surface area contributed by atoms with Crippen LogP contribution in [0.1, 0.15) is 26.2 Å². The van der Waals surface area contributed by atoms with Crippen LogP contribution in [0.25, 0.3) is 11.2 Å². The highest BCUT2D eigenvalue weighted by atomic mass is 31.2. The van der Waals surface area contributed by atoms with E-state index < -0.39 is 13.7 Å². The smallest absolute Gasteiger partial charge is 0.356 e. The monoisotopic (exact) mass is 437 g/mol. The summed E-state index contributed by atoms with van der Waals surface area (Å²) in [6.45, 7) is 2.35. The molecule has 0 aromatic carbocycles. The largest absolute Gasteiger partial charge is 0.394 e. The molecule has 164 valence electrons. The van der Waals surface area contributed by atoms with E-state index in [9.17, 15) is 9.67 Å². The first-order valence-corrected chi connectivity index (χ1v) is 11.6. The van der Waals surface area contributed by atoms with E-state index in [1.165, 1.54) is 6.33 Å². The zero-order chi connectivity index (χ0) is 21.4. The van der Waals surface area contributed by atoms with Gasteiger partial charge in [-0.3, -0.25) is 4.57 Å². The zero-order valence-corrected chi connectivity index (χ0v) is 17.9. The minimum atomic E-state index is -3.49. The molecule has 0 radical (unpaired) electrons. The van der Waals surface area contributed by atoms with Crippen LogP contribution in [0.4, 0.5) is 5.82 Å². The van der Waals surface area contributed by atoms with Crippen LogP contribution in [0.3, 0.4) is 0 Å². The van der Waals surface area contributed by atoms with Crippen LogP contribution < -0.4 is 5.73 Å². The van der Waals surface area contributed by atoms with Gasteiger partial charge in [0.05, 0.1) is 38.8 Å². The summed E-state index contributed by atoms with van der Waals surface area (Å²) in [6, 6.07) is 0. The lowest BCUT2D eigenvalue weighted by Crippen LogP contribution is -2.25. The fourth-order valence-corrected chi connectivity index (χ4v) is 4.32. The lowest BCUT2D eigenvalue weighted by atomic mass is 10.1. The second-order valence-electron chi connectivity index (χ2n) is 6.90. The molecule has 1 aliphatic carbocycles. The molecule has 2 heterocycles. The minimum Gasteiger partial charge on any atom is -0.394 e. The van der Waals surface area contributed by atoms with Crippen molar-refractivity contribution in [3.63, 3.8) is 0 Å². The molecule has 0 saturated carbocycles. The molecule has 11 heteroatoms. The number of imidazole rings is 1. The molecule has 2 aromatic rings. The Balaban J connectivity index is 1.63. The normalized spacial score (nSPS) is 17.1. The maximum Gasteiger partial charge on any atom is 0.356 e. The number of fused-ring (bicyclic) bond motifs is 1. The first-order chi connectivity index (χ1) is 14.5. The number of allylic oxidation sites excluding steroid dienone is 2. The highest BCUT2D eigenvalue weighted by molar-refractivity contribution is 7.53. The summed E-state index contributed by atoms with van der Waals surface area (Å²) in [4.78, 5) is 12.3. The molecule has 1 aliphatic rings. The third kappa shape index (κ3) is 5.96. The Bertz CT molecular complexity index is 945. The lowest BCUT2D eigenvalue weighted by molar-refractivity contribution is 0.0160. The predicted molar refractivity (Wildman–Crippen MR) is 113 cm³/mol. The summed E-state index contributed by atoms with van der Waals surface area (Å²) in [7, 11) is -3.49. The van der Waals surface area contributed by atoms with Gasteiger partial charge in [0.15, 0.2) is 11.5 Å². The van der Waals surface area contributed by atoms with Crippen molar-refractivity contribution in [2.24, 2.45) is 0 Å². The van der Waals surface area contributed by atoms with Gasteiger partial charge in [-0.05, 0) is 24.8 Å². The highest BCUT2D eigenvalue weighted by Gasteiger charge is 2.27. The molecule has 0 bridgehead atoms. The lowest BCUT2D eigenvalue weighted by Gasteiger charge is -2.22. The van der Waals surface area contributed by atoms with Gasteiger partial charge >= 0.3 is 7.60 Å². The molecule has 0 saturated heterocycles. The van der Waals surface area contributed by atoms with Crippen molar-refractivity contribution in [3.05, 3.63) is 36.5 Å². The molecule has 3 N–H and O–H groups in total. The van der Waals surface area contributed by atoms with Gasteiger partial charge in [-0.15, -0.1) is 0 Å². The number of nitrogens with two attached hydrogens (primary N) is 1. The fourth-order valence-electron chi connectivity index (χ4n) is 2.90. The van der Waals surface area contributed by atoms with Crippen molar-refractivity contribution >= 4 is 24.6 Å². The molecule has 2 unspecified atom stereocenters. The summed E-state index contributed by atoms with van der Waals surface area (Å²) in [5.41, 5.74) is 7.77. The summed E-state index contributed by atoms with van der Waals surface area (Å²) in [5, 5.41) is 9.75. The van der Waals surface area contributed by atoms with Crippen molar-refractivity contribution in [2.45, 2.75) is 38.8 Å². The summed E-state index contributed by atoms with van der Waals surface area (Å²) in [6.07, 6.45) is 10.7. The van der Waals surface area contributed by atoms with Crippen molar-refractivity contribution < 1.29 is 23.5 Å². The van der Waals surface area contributed by atoms with Gasteiger partial charge in [-0.2, -0.15) is 0 Å². The first-order valence-electron chi connectivity index (χ1n) is 9.92. The average Bonchev–Trinajstić information content (AvgIpc) is 3.19. The Kier molecular flexibility index (Phi) is 8.12. The maximum atomic E-state index is 13.1. The number of nitrogens with zero attached hydrogens (tertiary/aromatic N) is 4. The number of ether oxygens (including phenoxy) is 1.